The quantitative estimate of drug-likeness (QED) is 0.590. The van der Waals surface area contributed by atoms with Crippen LogP contribution in [0.4, 0.5) is 0 Å². The molecule has 31 heavy (non-hydrogen) atoms. The van der Waals surface area contributed by atoms with Gasteiger partial charge in [0.25, 0.3) is 5.91 Å². The largest absolute Gasteiger partial charge is 0.503 e. The molecule has 2 aromatic heterocycles. The standard InChI is InChI=1S/C23H21N3O4S/c1-13-22(31-14(2)25-13)20(27)18-19(16-5-4-10-24-11-16)26(23(29)21(18)28)12-15-6-8-17(30-3)9-7-15/h4-11,19,28H,12H2,1-3H3. The lowest BCUT2D eigenvalue weighted by atomic mass is 9.96. The number of nitrogens with zero attached hydrogens (tertiary/aromatic N) is 3. The van der Waals surface area contributed by atoms with Crippen molar-refractivity contribution >= 4 is 23.0 Å². The summed E-state index contributed by atoms with van der Waals surface area (Å²) in [5.41, 5.74) is 2.13. The lowest BCUT2D eigenvalue weighted by molar-refractivity contribution is -0.130. The fraction of sp³-hybridized carbons (Fsp3) is 0.217. The first kappa shape index (κ1) is 20.7. The van der Waals surface area contributed by atoms with Gasteiger partial charge >= 0.3 is 0 Å². The number of carbonyl (C=O) groups excluding carboxylic acids is 2. The van der Waals surface area contributed by atoms with Gasteiger partial charge in [-0.25, -0.2) is 4.98 Å². The van der Waals surface area contributed by atoms with E-state index in [-0.39, 0.29) is 17.9 Å². The molecule has 4 rings (SSSR count). The molecule has 1 atom stereocenters. The van der Waals surface area contributed by atoms with Gasteiger partial charge in [0.15, 0.2) is 5.76 Å². The Morgan fingerprint density at radius 3 is 2.55 bits per heavy atom. The number of amides is 1. The highest BCUT2D eigenvalue weighted by Gasteiger charge is 2.44. The van der Waals surface area contributed by atoms with Gasteiger partial charge in [0.2, 0.25) is 5.78 Å². The molecule has 7 nitrogen and oxygen atoms in total. The number of hydrogen-bond acceptors (Lipinski definition) is 7. The topological polar surface area (TPSA) is 92.6 Å². The van der Waals surface area contributed by atoms with Crippen molar-refractivity contribution in [3.63, 3.8) is 0 Å². The predicted octanol–water partition coefficient (Wildman–Crippen LogP) is 3.94. The minimum atomic E-state index is -0.752. The van der Waals surface area contributed by atoms with E-state index in [2.05, 4.69) is 9.97 Å². The highest BCUT2D eigenvalue weighted by molar-refractivity contribution is 7.14. The molecular weight excluding hydrogens is 414 g/mol. The Bertz CT molecular complexity index is 1170. The van der Waals surface area contributed by atoms with E-state index in [1.54, 1.807) is 50.7 Å². The van der Waals surface area contributed by atoms with Gasteiger partial charge in [-0.05, 0) is 43.2 Å². The van der Waals surface area contributed by atoms with E-state index < -0.39 is 17.7 Å². The van der Waals surface area contributed by atoms with Crippen LogP contribution in [-0.2, 0) is 11.3 Å². The summed E-state index contributed by atoms with van der Waals surface area (Å²) in [6.07, 6.45) is 3.23. The second-order valence-electron chi connectivity index (χ2n) is 7.21. The first-order valence-electron chi connectivity index (χ1n) is 9.66. The summed E-state index contributed by atoms with van der Waals surface area (Å²) in [7, 11) is 1.58. The van der Waals surface area contributed by atoms with Crippen LogP contribution in [0, 0.1) is 13.8 Å². The Kier molecular flexibility index (Phi) is 5.56. The summed E-state index contributed by atoms with van der Waals surface area (Å²) in [5, 5.41) is 11.5. The van der Waals surface area contributed by atoms with Crippen molar-refractivity contribution in [1.82, 2.24) is 14.9 Å². The molecule has 0 saturated carbocycles. The summed E-state index contributed by atoms with van der Waals surface area (Å²) in [6.45, 7) is 3.78. The van der Waals surface area contributed by atoms with E-state index in [1.165, 1.54) is 16.2 Å². The minimum absolute atomic E-state index is 0.0539. The van der Waals surface area contributed by atoms with E-state index in [4.69, 9.17) is 4.74 Å². The Labute approximate surface area is 183 Å². The maximum absolute atomic E-state index is 13.4. The van der Waals surface area contributed by atoms with E-state index in [1.807, 2.05) is 19.1 Å². The van der Waals surface area contributed by atoms with Crippen LogP contribution in [-0.4, -0.2) is 38.8 Å². The van der Waals surface area contributed by atoms with Gasteiger partial charge in [0.1, 0.15) is 5.75 Å². The van der Waals surface area contributed by atoms with Gasteiger partial charge in [-0.3, -0.25) is 14.6 Å². The van der Waals surface area contributed by atoms with Crippen molar-refractivity contribution in [3.8, 4) is 5.75 Å². The van der Waals surface area contributed by atoms with Gasteiger partial charge in [-0.15, -0.1) is 11.3 Å². The molecule has 3 heterocycles. The zero-order valence-electron chi connectivity index (χ0n) is 17.3. The van der Waals surface area contributed by atoms with Crippen LogP contribution in [0.2, 0.25) is 0 Å². The molecule has 1 aromatic carbocycles. The average molecular weight is 436 g/mol. The maximum atomic E-state index is 13.4. The molecule has 1 N–H and O–H groups in total. The van der Waals surface area contributed by atoms with Crippen LogP contribution in [0.15, 0.2) is 60.1 Å². The number of pyridine rings is 1. The number of aliphatic hydroxyl groups excluding tert-OH is 1. The summed E-state index contributed by atoms with van der Waals surface area (Å²) < 4.78 is 5.19. The van der Waals surface area contributed by atoms with E-state index in [0.29, 0.717) is 21.9 Å². The fourth-order valence-electron chi connectivity index (χ4n) is 3.72. The third-order valence-electron chi connectivity index (χ3n) is 5.17. The van der Waals surface area contributed by atoms with Gasteiger partial charge in [0, 0.05) is 18.9 Å². The van der Waals surface area contributed by atoms with Crippen molar-refractivity contribution < 1.29 is 19.4 Å². The molecule has 1 amide bonds. The summed E-state index contributed by atoms with van der Waals surface area (Å²) in [6, 6.07) is 10.1. The van der Waals surface area contributed by atoms with Crippen LogP contribution in [0.3, 0.4) is 0 Å². The number of hydrogen-bond donors (Lipinski definition) is 1. The van der Waals surface area contributed by atoms with Gasteiger partial charge in [0.05, 0.1) is 34.3 Å². The maximum Gasteiger partial charge on any atom is 0.290 e. The number of thiazole rings is 1. The highest BCUT2D eigenvalue weighted by atomic mass is 32.1. The van der Waals surface area contributed by atoms with Crippen molar-refractivity contribution in [1.29, 1.82) is 0 Å². The fourth-order valence-corrected chi connectivity index (χ4v) is 4.60. The number of aliphatic hydroxyl groups is 1. The molecular formula is C23H21N3O4S. The van der Waals surface area contributed by atoms with Crippen LogP contribution >= 0.6 is 11.3 Å². The molecule has 158 valence electrons. The van der Waals surface area contributed by atoms with Crippen LogP contribution in [0.25, 0.3) is 0 Å². The van der Waals surface area contributed by atoms with Gasteiger partial charge in [-0.2, -0.15) is 0 Å². The zero-order chi connectivity index (χ0) is 22.1. The van der Waals surface area contributed by atoms with Crippen LogP contribution < -0.4 is 4.74 Å². The highest BCUT2D eigenvalue weighted by Crippen LogP contribution is 2.40. The molecule has 0 fully saturated rings. The number of aromatic nitrogens is 2. The third kappa shape index (κ3) is 3.82. The third-order valence-corrected chi connectivity index (χ3v) is 6.24. The Morgan fingerprint density at radius 2 is 1.97 bits per heavy atom. The number of methoxy groups -OCH3 is 1. The molecule has 1 unspecified atom stereocenters. The molecule has 0 radical (unpaired) electrons. The first-order valence-corrected chi connectivity index (χ1v) is 10.5. The molecule has 1 aliphatic rings. The van der Waals surface area contributed by atoms with Gasteiger partial charge in [-0.1, -0.05) is 18.2 Å². The lowest BCUT2D eigenvalue weighted by Crippen LogP contribution is -2.30. The van der Waals surface area contributed by atoms with E-state index >= 15 is 0 Å². The van der Waals surface area contributed by atoms with Crippen molar-refractivity contribution in [3.05, 3.63) is 86.8 Å². The second-order valence-corrected chi connectivity index (χ2v) is 8.41. The molecule has 0 bridgehead atoms. The average Bonchev–Trinajstić information content (AvgIpc) is 3.25. The first-order chi connectivity index (χ1) is 14.9. The van der Waals surface area contributed by atoms with Crippen molar-refractivity contribution in [2.24, 2.45) is 0 Å². The minimum Gasteiger partial charge on any atom is -0.503 e. The van der Waals surface area contributed by atoms with Crippen molar-refractivity contribution in [2.45, 2.75) is 26.4 Å². The molecule has 8 heteroatoms. The van der Waals surface area contributed by atoms with Crippen molar-refractivity contribution in [2.75, 3.05) is 7.11 Å². The normalized spacial score (nSPS) is 16.2. The Balaban J connectivity index is 1.77. The van der Waals surface area contributed by atoms with E-state index in [0.717, 1.165) is 10.6 Å². The summed E-state index contributed by atoms with van der Waals surface area (Å²) in [4.78, 5) is 36.9. The summed E-state index contributed by atoms with van der Waals surface area (Å²) in [5.74, 6) is -0.807. The van der Waals surface area contributed by atoms with Crippen LogP contribution in [0.1, 0.15) is 37.5 Å². The zero-order valence-corrected chi connectivity index (χ0v) is 18.1. The lowest BCUT2D eigenvalue weighted by Gasteiger charge is -2.26. The molecule has 0 saturated heterocycles. The number of aryl methyl sites for hydroxylation is 2. The second kappa shape index (κ2) is 8.31. The summed E-state index contributed by atoms with van der Waals surface area (Å²) >= 11 is 1.25. The number of Topliss-reactive ketones (excluding diaryl/α,β-unsaturated/α-hetero) is 1. The number of rotatable bonds is 6. The Hall–Kier alpha value is -3.52. The molecule has 0 aliphatic carbocycles. The van der Waals surface area contributed by atoms with Gasteiger partial charge < -0.3 is 14.7 Å². The molecule has 0 spiro atoms. The number of benzene rings is 1. The smallest absolute Gasteiger partial charge is 0.290 e. The Morgan fingerprint density at radius 1 is 1.23 bits per heavy atom. The SMILES string of the molecule is COc1ccc(CN2C(=O)C(O)=C(C(=O)c3sc(C)nc3C)C2c2cccnc2)cc1. The monoisotopic (exact) mass is 435 g/mol. The molecule has 3 aromatic rings. The van der Waals surface area contributed by atoms with Crippen LogP contribution in [0.5, 0.6) is 5.75 Å². The number of ether oxygens (including phenoxy) is 1. The number of carbonyl (C=O) groups is 2. The predicted molar refractivity (Wildman–Crippen MR) is 116 cm³/mol. The molecule has 1 aliphatic heterocycles. The van der Waals surface area contributed by atoms with E-state index in [9.17, 15) is 14.7 Å². The number of ketones is 1.